The molecule has 2 heterocycles. The smallest absolute Gasteiger partial charge is 0.194 e. The molecule has 5 heteroatoms. The molecule has 20 heavy (non-hydrogen) atoms. The molecule has 0 N–H and O–H groups in total. The Bertz CT molecular complexity index is 728. The van der Waals surface area contributed by atoms with E-state index in [1.54, 1.807) is 17.5 Å². The predicted octanol–water partition coefficient (Wildman–Crippen LogP) is 3.20. The Balaban J connectivity index is 1.81. The van der Waals surface area contributed by atoms with E-state index in [4.69, 9.17) is 4.74 Å². The highest BCUT2D eigenvalue weighted by Crippen LogP contribution is 2.22. The number of carbonyl (C=O) groups is 1. The molecule has 0 fully saturated rings. The van der Waals surface area contributed by atoms with Crippen LogP contribution in [0.25, 0.3) is 4.96 Å². The summed E-state index contributed by atoms with van der Waals surface area (Å²) in [6.45, 7) is 2.65. The van der Waals surface area contributed by atoms with E-state index < -0.39 is 0 Å². The van der Waals surface area contributed by atoms with E-state index in [0.717, 1.165) is 23.4 Å². The molecule has 0 saturated heterocycles. The van der Waals surface area contributed by atoms with Crippen molar-refractivity contribution >= 4 is 22.6 Å². The van der Waals surface area contributed by atoms with Gasteiger partial charge < -0.3 is 4.74 Å². The van der Waals surface area contributed by atoms with Crippen LogP contribution in [0.3, 0.4) is 0 Å². The zero-order chi connectivity index (χ0) is 13.9. The fourth-order valence-corrected chi connectivity index (χ4v) is 3.08. The molecule has 3 rings (SSSR count). The number of benzene rings is 1. The number of aromatic nitrogens is 2. The second-order valence-corrected chi connectivity index (χ2v) is 5.50. The molecule has 0 aliphatic rings. The Morgan fingerprint density at radius 2 is 2.15 bits per heavy atom. The molecule has 0 bridgehead atoms. The molecule has 0 radical (unpaired) electrons. The fourth-order valence-electron chi connectivity index (χ4n) is 2.09. The fraction of sp³-hybridized carbons (Fsp3) is 0.200. The first-order valence-corrected chi connectivity index (χ1v) is 7.24. The van der Waals surface area contributed by atoms with Crippen molar-refractivity contribution in [3.63, 3.8) is 0 Å². The minimum atomic E-state index is 0.592. The van der Waals surface area contributed by atoms with E-state index in [-0.39, 0.29) is 0 Å². The molecule has 0 saturated carbocycles. The van der Waals surface area contributed by atoms with Gasteiger partial charge in [-0.3, -0.25) is 9.20 Å². The minimum Gasteiger partial charge on any atom is -0.494 e. The Hall–Kier alpha value is -2.14. The SMILES string of the molecule is CCOc1ccc(Cc2cn3c(C=O)cnc3s2)cc1. The zero-order valence-electron chi connectivity index (χ0n) is 11.1. The van der Waals surface area contributed by atoms with E-state index >= 15 is 0 Å². The van der Waals surface area contributed by atoms with Crippen LogP contribution < -0.4 is 4.74 Å². The van der Waals surface area contributed by atoms with Gasteiger partial charge in [-0.25, -0.2) is 4.98 Å². The summed E-state index contributed by atoms with van der Waals surface area (Å²) in [4.78, 5) is 17.1. The molecule has 0 aliphatic heterocycles. The number of fused-ring (bicyclic) bond motifs is 1. The molecule has 102 valence electrons. The van der Waals surface area contributed by atoms with Crippen molar-refractivity contribution in [3.05, 3.63) is 52.8 Å². The maximum Gasteiger partial charge on any atom is 0.194 e. The second kappa shape index (κ2) is 5.46. The molecular weight excluding hydrogens is 272 g/mol. The Labute approximate surface area is 120 Å². The summed E-state index contributed by atoms with van der Waals surface area (Å²) < 4.78 is 7.26. The lowest BCUT2D eigenvalue weighted by atomic mass is 10.1. The first-order valence-electron chi connectivity index (χ1n) is 6.43. The number of rotatable bonds is 5. The number of hydrogen-bond acceptors (Lipinski definition) is 4. The van der Waals surface area contributed by atoms with Gasteiger partial charge in [0.05, 0.1) is 12.8 Å². The number of thiazole rings is 1. The van der Waals surface area contributed by atoms with Crippen LogP contribution in [0.1, 0.15) is 27.9 Å². The topological polar surface area (TPSA) is 43.6 Å². The van der Waals surface area contributed by atoms with Crippen molar-refractivity contribution in [1.29, 1.82) is 0 Å². The van der Waals surface area contributed by atoms with Crippen LogP contribution >= 0.6 is 11.3 Å². The Morgan fingerprint density at radius 3 is 2.85 bits per heavy atom. The maximum atomic E-state index is 10.9. The summed E-state index contributed by atoms with van der Waals surface area (Å²) in [5.74, 6) is 0.889. The third kappa shape index (κ3) is 2.44. The normalized spacial score (nSPS) is 10.8. The summed E-state index contributed by atoms with van der Waals surface area (Å²) in [6.07, 6.45) is 5.23. The molecule has 4 nitrogen and oxygen atoms in total. The van der Waals surface area contributed by atoms with Crippen molar-refractivity contribution in [1.82, 2.24) is 9.38 Å². The number of carbonyl (C=O) groups excluding carboxylic acids is 1. The third-order valence-corrected chi connectivity index (χ3v) is 4.02. The van der Waals surface area contributed by atoms with Crippen LogP contribution in [0.4, 0.5) is 0 Å². The van der Waals surface area contributed by atoms with Gasteiger partial charge in [0.15, 0.2) is 11.2 Å². The van der Waals surface area contributed by atoms with Crippen LogP contribution in [-0.4, -0.2) is 22.3 Å². The summed E-state index contributed by atoms with van der Waals surface area (Å²) >= 11 is 1.60. The summed E-state index contributed by atoms with van der Waals surface area (Å²) in [6, 6.07) is 8.09. The van der Waals surface area contributed by atoms with Crippen LogP contribution in [0.5, 0.6) is 5.75 Å². The van der Waals surface area contributed by atoms with Crippen molar-refractivity contribution in [2.24, 2.45) is 0 Å². The monoisotopic (exact) mass is 286 g/mol. The number of hydrogen-bond donors (Lipinski definition) is 0. The molecule has 0 spiro atoms. The predicted molar refractivity (Wildman–Crippen MR) is 78.9 cm³/mol. The van der Waals surface area contributed by atoms with Gasteiger partial charge in [0.1, 0.15) is 11.4 Å². The van der Waals surface area contributed by atoms with Crippen LogP contribution in [0.15, 0.2) is 36.7 Å². The highest BCUT2D eigenvalue weighted by Gasteiger charge is 2.08. The highest BCUT2D eigenvalue weighted by atomic mass is 32.1. The molecular formula is C15H14N2O2S. The molecule has 1 aromatic carbocycles. The quantitative estimate of drug-likeness (QED) is 0.676. The lowest BCUT2D eigenvalue weighted by Crippen LogP contribution is -1.92. The first kappa shape index (κ1) is 12.9. The zero-order valence-corrected chi connectivity index (χ0v) is 11.9. The van der Waals surface area contributed by atoms with Gasteiger partial charge in [0.25, 0.3) is 0 Å². The van der Waals surface area contributed by atoms with Gasteiger partial charge in [0, 0.05) is 17.5 Å². The van der Waals surface area contributed by atoms with E-state index in [1.165, 1.54) is 10.4 Å². The molecule has 0 atom stereocenters. The van der Waals surface area contributed by atoms with Crippen molar-refractivity contribution < 1.29 is 9.53 Å². The highest BCUT2D eigenvalue weighted by molar-refractivity contribution is 7.17. The molecule has 2 aromatic heterocycles. The van der Waals surface area contributed by atoms with Gasteiger partial charge in [-0.15, -0.1) is 11.3 Å². The molecule has 0 aliphatic carbocycles. The summed E-state index contributed by atoms with van der Waals surface area (Å²) in [5.41, 5.74) is 1.81. The van der Waals surface area contributed by atoms with Crippen molar-refractivity contribution in [2.75, 3.05) is 6.61 Å². The number of nitrogens with zero attached hydrogens (tertiary/aromatic N) is 2. The van der Waals surface area contributed by atoms with Crippen LogP contribution in [0, 0.1) is 0 Å². The van der Waals surface area contributed by atoms with E-state index in [1.807, 2.05) is 29.7 Å². The standard InChI is InChI=1S/C15H14N2O2S/c1-2-19-13-5-3-11(4-6-13)7-14-9-17-12(10-18)8-16-15(17)20-14/h3-6,8-10H,2,7H2,1H3. The summed E-state index contributed by atoms with van der Waals surface area (Å²) in [7, 11) is 0. The average molecular weight is 286 g/mol. The van der Waals surface area contributed by atoms with Crippen LogP contribution in [-0.2, 0) is 6.42 Å². The maximum absolute atomic E-state index is 10.9. The van der Waals surface area contributed by atoms with Gasteiger partial charge >= 0.3 is 0 Å². The van der Waals surface area contributed by atoms with Crippen molar-refractivity contribution in [3.8, 4) is 5.75 Å². The average Bonchev–Trinajstić information content (AvgIpc) is 3.01. The van der Waals surface area contributed by atoms with Crippen LogP contribution in [0.2, 0.25) is 0 Å². The van der Waals surface area contributed by atoms with E-state index in [9.17, 15) is 4.79 Å². The van der Waals surface area contributed by atoms with Gasteiger partial charge in [-0.05, 0) is 24.6 Å². The van der Waals surface area contributed by atoms with Crippen molar-refractivity contribution in [2.45, 2.75) is 13.3 Å². The van der Waals surface area contributed by atoms with Gasteiger partial charge in [-0.1, -0.05) is 12.1 Å². The number of imidazole rings is 1. The Kier molecular flexibility index (Phi) is 3.52. The number of ether oxygens (including phenoxy) is 1. The van der Waals surface area contributed by atoms with Gasteiger partial charge in [-0.2, -0.15) is 0 Å². The lowest BCUT2D eigenvalue weighted by molar-refractivity contribution is 0.111. The molecule has 3 aromatic rings. The number of aldehydes is 1. The summed E-state index contributed by atoms with van der Waals surface area (Å²) in [5, 5.41) is 0. The van der Waals surface area contributed by atoms with E-state index in [0.29, 0.717) is 12.3 Å². The second-order valence-electron chi connectivity index (χ2n) is 4.40. The molecule has 0 amide bonds. The van der Waals surface area contributed by atoms with E-state index in [2.05, 4.69) is 17.1 Å². The molecule has 0 unspecified atom stereocenters. The third-order valence-electron chi connectivity index (χ3n) is 3.02. The van der Waals surface area contributed by atoms with Gasteiger partial charge in [0.2, 0.25) is 0 Å². The lowest BCUT2D eigenvalue weighted by Gasteiger charge is -2.03. The minimum absolute atomic E-state index is 0.592. The Morgan fingerprint density at radius 1 is 1.35 bits per heavy atom. The first-order chi connectivity index (χ1) is 9.80. The largest absolute Gasteiger partial charge is 0.494 e.